The Morgan fingerprint density at radius 2 is 1.58 bits per heavy atom. The fraction of sp³-hybridized carbons (Fsp3) is 0.346. The van der Waals surface area contributed by atoms with Crippen molar-refractivity contribution in [1.29, 1.82) is 0 Å². The van der Waals surface area contributed by atoms with E-state index >= 15 is 0 Å². The van der Waals surface area contributed by atoms with E-state index in [0.717, 1.165) is 18.1 Å². The number of hydrogen-bond acceptors (Lipinski definition) is 4. The van der Waals surface area contributed by atoms with Crippen LogP contribution in [0.15, 0.2) is 60.7 Å². The Morgan fingerprint density at radius 1 is 1.00 bits per heavy atom. The molecule has 2 heterocycles. The largest absolute Gasteiger partial charge is 0.373 e. The highest BCUT2D eigenvalue weighted by molar-refractivity contribution is 7.16. The standard InChI is InChI=1S/C26H30N2O2S/c1-17-15-28(16-18(2)30-17)24(21-11-7-5-8-12-21)23-19(3)20(4)31-26(23)27-25(29)22-13-9-6-10-14-22/h5-14,17-18,24H,15-16H2,1-4H3,(H,27,29). The second kappa shape index (κ2) is 9.35. The van der Waals surface area contributed by atoms with Crippen LogP contribution in [0, 0.1) is 13.8 Å². The third-order valence-electron chi connectivity index (χ3n) is 5.90. The molecule has 1 saturated heterocycles. The third-order valence-corrected chi connectivity index (χ3v) is 7.04. The normalized spacial score (nSPS) is 20.4. The van der Waals surface area contributed by atoms with Crippen molar-refractivity contribution in [3.05, 3.63) is 87.8 Å². The minimum atomic E-state index is -0.0707. The van der Waals surface area contributed by atoms with Gasteiger partial charge in [-0.3, -0.25) is 9.69 Å². The van der Waals surface area contributed by atoms with E-state index in [1.54, 1.807) is 11.3 Å². The molecule has 31 heavy (non-hydrogen) atoms. The van der Waals surface area contributed by atoms with Crippen molar-refractivity contribution < 1.29 is 9.53 Å². The first-order valence-corrected chi connectivity index (χ1v) is 11.7. The van der Waals surface area contributed by atoms with E-state index in [2.05, 4.69) is 68.2 Å². The summed E-state index contributed by atoms with van der Waals surface area (Å²) in [6, 6.07) is 20.1. The molecule has 0 bridgehead atoms. The molecule has 1 N–H and O–H groups in total. The van der Waals surface area contributed by atoms with Crippen molar-refractivity contribution in [2.24, 2.45) is 0 Å². The van der Waals surface area contributed by atoms with Crippen molar-refractivity contribution >= 4 is 22.2 Å². The summed E-state index contributed by atoms with van der Waals surface area (Å²) in [6.07, 6.45) is 0.328. The number of nitrogens with one attached hydrogen (secondary N) is 1. The maximum absolute atomic E-state index is 13.0. The van der Waals surface area contributed by atoms with Crippen LogP contribution in [0.3, 0.4) is 0 Å². The minimum absolute atomic E-state index is 0.0611. The van der Waals surface area contributed by atoms with E-state index in [-0.39, 0.29) is 24.2 Å². The van der Waals surface area contributed by atoms with Gasteiger partial charge in [-0.15, -0.1) is 11.3 Å². The molecule has 1 amide bonds. The number of nitrogens with zero attached hydrogens (tertiary/aromatic N) is 1. The number of anilines is 1. The lowest BCUT2D eigenvalue weighted by atomic mass is 9.93. The summed E-state index contributed by atoms with van der Waals surface area (Å²) >= 11 is 1.66. The number of benzene rings is 2. The van der Waals surface area contributed by atoms with Crippen LogP contribution in [-0.2, 0) is 4.74 Å². The van der Waals surface area contributed by atoms with Gasteiger partial charge in [0, 0.05) is 29.1 Å². The van der Waals surface area contributed by atoms with Crippen molar-refractivity contribution in [1.82, 2.24) is 4.90 Å². The topological polar surface area (TPSA) is 41.6 Å². The molecule has 5 heteroatoms. The molecule has 3 unspecified atom stereocenters. The van der Waals surface area contributed by atoms with Crippen LogP contribution in [0.4, 0.5) is 5.00 Å². The summed E-state index contributed by atoms with van der Waals surface area (Å²) in [5.41, 5.74) is 4.34. The average Bonchev–Trinajstić information content (AvgIpc) is 3.02. The molecule has 0 radical (unpaired) electrons. The first kappa shape index (κ1) is 21.8. The van der Waals surface area contributed by atoms with E-state index in [1.165, 1.54) is 21.6 Å². The Labute approximate surface area is 188 Å². The Bertz CT molecular complexity index is 1020. The first-order chi connectivity index (χ1) is 14.9. The Morgan fingerprint density at radius 3 is 2.19 bits per heavy atom. The zero-order valence-corrected chi connectivity index (χ0v) is 19.4. The minimum Gasteiger partial charge on any atom is -0.373 e. The number of carbonyl (C=O) groups excluding carboxylic acids is 1. The van der Waals surface area contributed by atoms with Gasteiger partial charge < -0.3 is 10.1 Å². The van der Waals surface area contributed by atoms with E-state index < -0.39 is 0 Å². The lowest BCUT2D eigenvalue weighted by Gasteiger charge is -2.41. The van der Waals surface area contributed by atoms with Gasteiger partial charge >= 0.3 is 0 Å². The van der Waals surface area contributed by atoms with E-state index in [9.17, 15) is 4.79 Å². The van der Waals surface area contributed by atoms with Gasteiger partial charge in [-0.2, -0.15) is 0 Å². The van der Waals surface area contributed by atoms with Crippen molar-refractivity contribution in [2.75, 3.05) is 18.4 Å². The number of aryl methyl sites for hydroxylation is 1. The van der Waals surface area contributed by atoms with Crippen LogP contribution in [0.1, 0.15) is 51.8 Å². The van der Waals surface area contributed by atoms with Crippen molar-refractivity contribution in [3.8, 4) is 0 Å². The summed E-state index contributed by atoms with van der Waals surface area (Å²) in [4.78, 5) is 16.7. The molecule has 1 fully saturated rings. The maximum atomic E-state index is 13.0. The van der Waals surface area contributed by atoms with Gasteiger partial charge in [0.25, 0.3) is 5.91 Å². The summed E-state index contributed by atoms with van der Waals surface area (Å²) in [7, 11) is 0. The fourth-order valence-electron chi connectivity index (χ4n) is 4.46. The number of hydrogen-bond donors (Lipinski definition) is 1. The SMILES string of the molecule is Cc1sc(NC(=O)c2ccccc2)c(C(c2ccccc2)N2CC(C)OC(C)C2)c1C. The molecule has 3 atom stereocenters. The average molecular weight is 435 g/mol. The number of morpholine rings is 1. The quantitative estimate of drug-likeness (QED) is 0.550. The number of carbonyl (C=O) groups is 1. The van der Waals surface area contributed by atoms with Crippen LogP contribution >= 0.6 is 11.3 Å². The molecule has 0 spiro atoms. The number of rotatable bonds is 5. The zero-order chi connectivity index (χ0) is 22.0. The van der Waals surface area contributed by atoms with Gasteiger partial charge in [-0.05, 0) is 51.0 Å². The second-order valence-corrected chi connectivity index (χ2v) is 9.60. The smallest absolute Gasteiger partial charge is 0.256 e. The van der Waals surface area contributed by atoms with Crippen LogP contribution in [0.25, 0.3) is 0 Å². The van der Waals surface area contributed by atoms with Gasteiger partial charge in [0.2, 0.25) is 0 Å². The second-order valence-electron chi connectivity index (χ2n) is 8.37. The summed E-state index contributed by atoms with van der Waals surface area (Å²) in [5.74, 6) is -0.0707. The molecule has 1 aliphatic rings. The number of ether oxygens (including phenoxy) is 1. The van der Waals surface area contributed by atoms with Gasteiger partial charge in [0.05, 0.1) is 18.2 Å². The monoisotopic (exact) mass is 434 g/mol. The highest BCUT2D eigenvalue weighted by atomic mass is 32.1. The van der Waals surface area contributed by atoms with Crippen molar-refractivity contribution in [3.63, 3.8) is 0 Å². The van der Waals surface area contributed by atoms with Crippen LogP contribution < -0.4 is 5.32 Å². The first-order valence-electron chi connectivity index (χ1n) is 10.8. The van der Waals surface area contributed by atoms with Crippen LogP contribution in [-0.4, -0.2) is 36.1 Å². The maximum Gasteiger partial charge on any atom is 0.256 e. The fourth-order valence-corrected chi connectivity index (χ4v) is 5.54. The predicted molar refractivity (Wildman–Crippen MR) is 128 cm³/mol. The summed E-state index contributed by atoms with van der Waals surface area (Å²) in [5, 5.41) is 4.16. The predicted octanol–water partition coefficient (Wildman–Crippen LogP) is 5.82. The third kappa shape index (κ3) is 4.74. The highest BCUT2D eigenvalue weighted by Crippen LogP contribution is 2.43. The molecule has 162 valence electrons. The molecular formula is C26H30N2O2S. The molecule has 4 nitrogen and oxygen atoms in total. The van der Waals surface area contributed by atoms with Crippen LogP contribution in [0.2, 0.25) is 0 Å². The summed E-state index contributed by atoms with van der Waals surface area (Å²) < 4.78 is 6.02. The summed E-state index contributed by atoms with van der Waals surface area (Å²) in [6.45, 7) is 10.3. The number of thiophene rings is 1. The van der Waals surface area contributed by atoms with E-state index in [1.807, 2.05) is 30.3 Å². The van der Waals surface area contributed by atoms with Gasteiger partial charge in [-0.25, -0.2) is 0 Å². The van der Waals surface area contributed by atoms with E-state index in [4.69, 9.17) is 4.74 Å². The Kier molecular flexibility index (Phi) is 6.56. The zero-order valence-electron chi connectivity index (χ0n) is 18.6. The molecule has 1 aromatic heterocycles. The van der Waals surface area contributed by atoms with E-state index in [0.29, 0.717) is 5.56 Å². The lowest BCUT2D eigenvalue weighted by Crippen LogP contribution is -2.47. The molecule has 3 aromatic rings. The van der Waals surface area contributed by atoms with Gasteiger partial charge in [-0.1, -0.05) is 48.5 Å². The molecule has 4 rings (SSSR count). The van der Waals surface area contributed by atoms with Gasteiger partial charge in [0.15, 0.2) is 0 Å². The van der Waals surface area contributed by atoms with Crippen LogP contribution in [0.5, 0.6) is 0 Å². The number of amides is 1. The molecule has 0 saturated carbocycles. The molecule has 1 aliphatic heterocycles. The van der Waals surface area contributed by atoms with Gasteiger partial charge in [0.1, 0.15) is 5.00 Å². The Hall–Kier alpha value is -2.47. The Balaban J connectivity index is 1.77. The lowest BCUT2D eigenvalue weighted by molar-refractivity contribution is -0.0765. The molecule has 0 aliphatic carbocycles. The van der Waals surface area contributed by atoms with Crippen molar-refractivity contribution in [2.45, 2.75) is 45.9 Å². The molecule has 2 aromatic carbocycles. The highest BCUT2D eigenvalue weighted by Gasteiger charge is 2.33. The molecular weight excluding hydrogens is 404 g/mol.